The molecule has 0 fully saturated rings. The van der Waals surface area contributed by atoms with Crippen LogP contribution in [0.5, 0.6) is 0 Å². The molecule has 4 rings (SSSR count). The van der Waals surface area contributed by atoms with Crippen LogP contribution in [0.25, 0.3) is 0 Å². The van der Waals surface area contributed by atoms with Gasteiger partial charge in [0, 0.05) is 18.7 Å². The summed E-state index contributed by atoms with van der Waals surface area (Å²) in [5.74, 6) is 0. The number of nitrogens with two attached hydrogens (primary N) is 1. The van der Waals surface area contributed by atoms with Crippen LogP contribution in [0.1, 0.15) is 22.4 Å². The highest BCUT2D eigenvalue weighted by Gasteiger charge is 2.38. The summed E-state index contributed by atoms with van der Waals surface area (Å²) in [5.41, 5.74) is 9.68. The standard InChI is InChI=1S/C25H25N3O/c26-23(18-29)16-24-17-28(19-27-24)25(20-10-4-1-5-11-20,21-12-6-2-7-13-21)22-14-8-3-9-15-22/h1-15,17,19,23,29H,16,18,26H2. The summed E-state index contributed by atoms with van der Waals surface area (Å²) in [6, 6.07) is 31.1. The Kier molecular flexibility index (Phi) is 5.56. The van der Waals surface area contributed by atoms with Crippen molar-refractivity contribution in [2.45, 2.75) is 18.0 Å². The van der Waals surface area contributed by atoms with Crippen molar-refractivity contribution in [2.24, 2.45) is 5.73 Å². The Bertz CT molecular complexity index is 933. The molecule has 0 aliphatic rings. The SMILES string of the molecule is NC(CO)Cc1cn(C(c2ccccc2)(c2ccccc2)c2ccccc2)cn1. The van der Waals surface area contributed by atoms with Crippen molar-refractivity contribution in [1.82, 2.24) is 9.55 Å². The van der Waals surface area contributed by atoms with Crippen molar-refractivity contribution < 1.29 is 5.11 Å². The van der Waals surface area contributed by atoms with Gasteiger partial charge in [-0.25, -0.2) is 4.98 Å². The van der Waals surface area contributed by atoms with E-state index in [1.807, 2.05) is 30.7 Å². The average Bonchev–Trinajstić information content (AvgIpc) is 3.25. The Morgan fingerprint density at radius 3 is 1.66 bits per heavy atom. The smallest absolute Gasteiger partial charge is 0.121 e. The second kappa shape index (κ2) is 8.43. The first-order valence-corrected chi connectivity index (χ1v) is 9.81. The van der Waals surface area contributed by atoms with Crippen LogP contribution in [0.4, 0.5) is 0 Å². The highest BCUT2D eigenvalue weighted by molar-refractivity contribution is 5.50. The zero-order valence-corrected chi connectivity index (χ0v) is 16.2. The number of imidazole rings is 1. The fourth-order valence-electron chi connectivity index (χ4n) is 3.97. The summed E-state index contributed by atoms with van der Waals surface area (Å²) in [6.07, 6.45) is 4.44. The summed E-state index contributed by atoms with van der Waals surface area (Å²) in [5, 5.41) is 9.34. The number of rotatable bonds is 7. The fourth-order valence-corrected chi connectivity index (χ4v) is 3.97. The Morgan fingerprint density at radius 1 is 0.793 bits per heavy atom. The van der Waals surface area contributed by atoms with Gasteiger partial charge in [0.15, 0.2) is 0 Å². The first-order valence-electron chi connectivity index (χ1n) is 9.81. The van der Waals surface area contributed by atoms with Gasteiger partial charge < -0.3 is 15.4 Å². The fraction of sp³-hybridized carbons (Fsp3) is 0.160. The lowest BCUT2D eigenvalue weighted by Gasteiger charge is -2.37. The molecule has 0 amide bonds. The Hall–Kier alpha value is -3.21. The van der Waals surface area contributed by atoms with E-state index in [4.69, 9.17) is 5.73 Å². The summed E-state index contributed by atoms with van der Waals surface area (Å²) in [7, 11) is 0. The van der Waals surface area contributed by atoms with Crippen molar-refractivity contribution >= 4 is 0 Å². The Labute approximate surface area is 171 Å². The zero-order valence-electron chi connectivity index (χ0n) is 16.2. The van der Waals surface area contributed by atoms with E-state index in [-0.39, 0.29) is 12.6 Å². The topological polar surface area (TPSA) is 64.1 Å². The van der Waals surface area contributed by atoms with Crippen LogP contribution in [0, 0.1) is 0 Å². The first kappa shape index (κ1) is 19.1. The molecule has 3 N–H and O–H groups in total. The normalized spacial score (nSPS) is 12.6. The number of aliphatic hydroxyl groups excluding tert-OH is 1. The quantitative estimate of drug-likeness (QED) is 0.480. The number of benzene rings is 3. The van der Waals surface area contributed by atoms with Gasteiger partial charge in [-0.15, -0.1) is 0 Å². The molecular weight excluding hydrogens is 358 g/mol. The first-order chi connectivity index (χ1) is 14.2. The van der Waals surface area contributed by atoms with Crippen LogP contribution >= 0.6 is 0 Å². The second-order valence-electron chi connectivity index (χ2n) is 7.23. The molecule has 1 atom stereocenters. The minimum absolute atomic E-state index is 0.0614. The molecule has 0 aliphatic heterocycles. The van der Waals surface area contributed by atoms with Gasteiger partial charge in [0.05, 0.1) is 18.6 Å². The highest BCUT2D eigenvalue weighted by Crippen LogP contribution is 2.40. The predicted molar refractivity (Wildman–Crippen MR) is 116 cm³/mol. The van der Waals surface area contributed by atoms with Crippen LogP contribution in [-0.2, 0) is 12.0 Å². The number of aliphatic hydroxyl groups is 1. The van der Waals surface area contributed by atoms with E-state index in [2.05, 4.69) is 82.3 Å². The van der Waals surface area contributed by atoms with Crippen molar-refractivity contribution in [3.63, 3.8) is 0 Å². The third-order valence-corrected chi connectivity index (χ3v) is 5.30. The van der Waals surface area contributed by atoms with Gasteiger partial charge in [0.2, 0.25) is 0 Å². The van der Waals surface area contributed by atoms with Crippen molar-refractivity contribution in [1.29, 1.82) is 0 Å². The van der Waals surface area contributed by atoms with Gasteiger partial charge in [0.25, 0.3) is 0 Å². The van der Waals surface area contributed by atoms with Crippen LogP contribution in [0.15, 0.2) is 104 Å². The summed E-state index contributed by atoms with van der Waals surface area (Å²) in [4.78, 5) is 4.62. The van der Waals surface area contributed by atoms with Crippen LogP contribution < -0.4 is 5.73 Å². The van der Waals surface area contributed by atoms with Crippen molar-refractivity contribution in [3.8, 4) is 0 Å². The van der Waals surface area contributed by atoms with Crippen LogP contribution in [0.3, 0.4) is 0 Å². The summed E-state index contributed by atoms with van der Waals surface area (Å²) >= 11 is 0. The van der Waals surface area contributed by atoms with E-state index in [1.165, 1.54) is 0 Å². The minimum atomic E-state index is -0.571. The van der Waals surface area contributed by atoms with E-state index in [1.54, 1.807) is 0 Å². The molecule has 1 unspecified atom stereocenters. The Morgan fingerprint density at radius 2 is 1.24 bits per heavy atom. The average molecular weight is 383 g/mol. The monoisotopic (exact) mass is 383 g/mol. The number of hydrogen-bond acceptors (Lipinski definition) is 3. The molecule has 1 aromatic heterocycles. The van der Waals surface area contributed by atoms with E-state index < -0.39 is 5.54 Å². The lowest BCUT2D eigenvalue weighted by molar-refractivity contribution is 0.264. The van der Waals surface area contributed by atoms with Gasteiger partial charge in [-0.05, 0) is 16.7 Å². The molecule has 1 heterocycles. The maximum Gasteiger partial charge on any atom is 0.121 e. The molecule has 29 heavy (non-hydrogen) atoms. The third kappa shape index (κ3) is 3.60. The third-order valence-electron chi connectivity index (χ3n) is 5.30. The van der Waals surface area contributed by atoms with Crippen LogP contribution in [-0.4, -0.2) is 27.3 Å². The molecule has 3 aromatic carbocycles. The molecule has 0 saturated heterocycles. The van der Waals surface area contributed by atoms with E-state index in [0.717, 1.165) is 22.4 Å². The van der Waals surface area contributed by atoms with Gasteiger partial charge >= 0.3 is 0 Å². The molecule has 0 radical (unpaired) electrons. The number of nitrogens with zero attached hydrogens (tertiary/aromatic N) is 2. The van der Waals surface area contributed by atoms with E-state index >= 15 is 0 Å². The molecule has 4 nitrogen and oxygen atoms in total. The van der Waals surface area contributed by atoms with E-state index in [0.29, 0.717) is 6.42 Å². The van der Waals surface area contributed by atoms with Gasteiger partial charge in [-0.3, -0.25) is 0 Å². The van der Waals surface area contributed by atoms with E-state index in [9.17, 15) is 5.11 Å². The number of hydrogen-bond donors (Lipinski definition) is 2. The molecule has 0 spiro atoms. The molecular formula is C25H25N3O. The van der Waals surface area contributed by atoms with Gasteiger partial charge in [-0.2, -0.15) is 0 Å². The molecule has 4 heteroatoms. The van der Waals surface area contributed by atoms with Gasteiger partial charge in [0.1, 0.15) is 5.54 Å². The number of aromatic nitrogens is 2. The van der Waals surface area contributed by atoms with Crippen LogP contribution in [0.2, 0.25) is 0 Å². The van der Waals surface area contributed by atoms with Crippen molar-refractivity contribution in [3.05, 3.63) is 126 Å². The molecule has 4 aromatic rings. The summed E-state index contributed by atoms with van der Waals surface area (Å²) in [6.45, 7) is -0.0614. The largest absolute Gasteiger partial charge is 0.395 e. The predicted octanol–water partition coefficient (Wildman–Crippen LogP) is 3.59. The second-order valence-corrected chi connectivity index (χ2v) is 7.23. The van der Waals surface area contributed by atoms with Crippen molar-refractivity contribution in [2.75, 3.05) is 6.61 Å². The molecule has 0 bridgehead atoms. The lowest BCUT2D eigenvalue weighted by Crippen LogP contribution is -2.37. The summed E-state index contributed by atoms with van der Waals surface area (Å²) < 4.78 is 2.16. The van der Waals surface area contributed by atoms with Gasteiger partial charge in [-0.1, -0.05) is 91.0 Å². The lowest BCUT2D eigenvalue weighted by atomic mass is 9.77. The zero-order chi connectivity index (χ0) is 20.1. The maximum absolute atomic E-state index is 9.34. The maximum atomic E-state index is 9.34. The molecule has 146 valence electrons. The minimum Gasteiger partial charge on any atom is -0.395 e. The molecule has 0 saturated carbocycles. The highest BCUT2D eigenvalue weighted by atomic mass is 16.3. The molecule has 0 aliphatic carbocycles. The Balaban J connectivity index is 1.99.